The lowest BCUT2D eigenvalue weighted by molar-refractivity contribution is 0.0512. The first-order chi connectivity index (χ1) is 16.7. The lowest BCUT2D eigenvalue weighted by Crippen LogP contribution is -2.45. The van der Waals surface area contributed by atoms with E-state index in [4.69, 9.17) is 10.5 Å². The van der Waals surface area contributed by atoms with Gasteiger partial charge in [-0.3, -0.25) is 4.90 Å². The van der Waals surface area contributed by atoms with Crippen LogP contribution in [0.2, 0.25) is 0 Å². The standard InChI is InChI=1S/C26H29N5O3/c27-25-24-23(18-6-8-22(9-7-18)34-21-4-2-1-3-5-21)14-31(26(24)29-17-28-25)19-10-12-30(13-11-19)20(15-32)16-33/h1-9,14,17,19-20,32-33H,10-13,15-16H2,(H2,27,28,29). The molecule has 0 atom stereocenters. The molecular formula is C26H29N5O3. The number of nitrogens with zero attached hydrogens (tertiary/aromatic N) is 4. The number of aliphatic hydroxyl groups is 2. The first-order valence-corrected chi connectivity index (χ1v) is 11.6. The number of para-hydroxylation sites is 1. The summed E-state index contributed by atoms with van der Waals surface area (Å²) in [6.45, 7) is 1.53. The van der Waals surface area contributed by atoms with Gasteiger partial charge < -0.3 is 25.3 Å². The second-order valence-electron chi connectivity index (χ2n) is 8.63. The average Bonchev–Trinajstić information content (AvgIpc) is 3.27. The Bertz CT molecular complexity index is 1230. The number of piperidine rings is 1. The molecule has 5 rings (SSSR count). The number of rotatable bonds is 7. The lowest BCUT2D eigenvalue weighted by atomic mass is 10.0. The molecule has 8 nitrogen and oxygen atoms in total. The van der Waals surface area contributed by atoms with Gasteiger partial charge in [0.05, 0.1) is 24.6 Å². The van der Waals surface area contributed by atoms with E-state index in [1.165, 1.54) is 6.33 Å². The van der Waals surface area contributed by atoms with Crippen LogP contribution in [0.1, 0.15) is 18.9 Å². The van der Waals surface area contributed by atoms with Gasteiger partial charge >= 0.3 is 0 Å². The third-order valence-electron chi connectivity index (χ3n) is 6.61. The fourth-order valence-electron chi connectivity index (χ4n) is 4.75. The molecule has 8 heteroatoms. The van der Waals surface area contributed by atoms with Gasteiger partial charge in [0.15, 0.2) is 0 Å². The molecule has 1 fully saturated rings. The van der Waals surface area contributed by atoms with Gasteiger partial charge in [-0.2, -0.15) is 0 Å². The maximum Gasteiger partial charge on any atom is 0.146 e. The van der Waals surface area contributed by atoms with Crippen LogP contribution in [-0.4, -0.2) is 62.0 Å². The highest BCUT2D eigenvalue weighted by atomic mass is 16.5. The zero-order valence-electron chi connectivity index (χ0n) is 18.9. The molecule has 0 unspecified atom stereocenters. The molecule has 1 saturated heterocycles. The topological polar surface area (TPSA) is 110 Å². The Labute approximate surface area is 198 Å². The van der Waals surface area contributed by atoms with Crippen LogP contribution in [0.15, 0.2) is 67.1 Å². The molecule has 2 aromatic heterocycles. The van der Waals surface area contributed by atoms with Crippen LogP contribution in [0.25, 0.3) is 22.2 Å². The number of aromatic nitrogens is 3. The first kappa shape index (κ1) is 22.3. The summed E-state index contributed by atoms with van der Waals surface area (Å²) in [5, 5.41) is 19.9. The number of benzene rings is 2. The van der Waals surface area contributed by atoms with Gasteiger partial charge in [0.1, 0.15) is 29.3 Å². The molecule has 0 radical (unpaired) electrons. The van der Waals surface area contributed by atoms with Gasteiger partial charge in [-0.25, -0.2) is 9.97 Å². The van der Waals surface area contributed by atoms with Crippen molar-refractivity contribution in [3.8, 4) is 22.6 Å². The highest BCUT2D eigenvalue weighted by molar-refractivity contribution is 6.00. The van der Waals surface area contributed by atoms with E-state index in [1.807, 2.05) is 54.6 Å². The molecule has 2 aromatic carbocycles. The van der Waals surface area contributed by atoms with Crippen molar-refractivity contribution in [2.45, 2.75) is 24.9 Å². The summed E-state index contributed by atoms with van der Waals surface area (Å²) in [4.78, 5) is 11.0. The molecule has 0 bridgehead atoms. The van der Waals surface area contributed by atoms with Gasteiger partial charge in [-0.1, -0.05) is 30.3 Å². The van der Waals surface area contributed by atoms with Crippen molar-refractivity contribution in [2.24, 2.45) is 0 Å². The van der Waals surface area contributed by atoms with E-state index < -0.39 is 0 Å². The minimum absolute atomic E-state index is 0.0362. The molecule has 0 spiro atoms. The number of anilines is 1. The molecule has 34 heavy (non-hydrogen) atoms. The molecule has 1 aliphatic rings. The third kappa shape index (κ3) is 4.35. The van der Waals surface area contributed by atoms with Crippen molar-refractivity contribution in [1.29, 1.82) is 0 Å². The fraction of sp³-hybridized carbons (Fsp3) is 0.308. The second kappa shape index (κ2) is 9.80. The van der Waals surface area contributed by atoms with Crippen LogP contribution < -0.4 is 10.5 Å². The van der Waals surface area contributed by atoms with E-state index in [-0.39, 0.29) is 25.3 Å². The fourth-order valence-corrected chi connectivity index (χ4v) is 4.75. The van der Waals surface area contributed by atoms with E-state index >= 15 is 0 Å². The number of hydrogen-bond acceptors (Lipinski definition) is 7. The van der Waals surface area contributed by atoms with Crippen LogP contribution in [0.4, 0.5) is 5.82 Å². The molecule has 0 amide bonds. The maximum atomic E-state index is 9.52. The van der Waals surface area contributed by atoms with Crippen molar-refractivity contribution in [2.75, 3.05) is 32.0 Å². The summed E-state index contributed by atoms with van der Waals surface area (Å²) in [6.07, 6.45) is 5.43. The lowest BCUT2D eigenvalue weighted by Gasteiger charge is -2.36. The molecule has 176 valence electrons. The number of nitrogens with two attached hydrogens (primary N) is 1. The molecule has 3 heterocycles. The zero-order chi connectivity index (χ0) is 23.5. The summed E-state index contributed by atoms with van der Waals surface area (Å²) in [7, 11) is 0. The highest BCUT2D eigenvalue weighted by Crippen LogP contribution is 2.37. The minimum Gasteiger partial charge on any atom is -0.457 e. The van der Waals surface area contributed by atoms with Crippen LogP contribution in [0.5, 0.6) is 11.5 Å². The molecular weight excluding hydrogens is 430 g/mol. The summed E-state index contributed by atoms with van der Waals surface area (Å²) in [6, 6.07) is 17.7. The Morgan fingerprint density at radius 1 is 0.941 bits per heavy atom. The van der Waals surface area contributed by atoms with E-state index in [0.717, 1.165) is 59.6 Å². The van der Waals surface area contributed by atoms with Crippen molar-refractivity contribution in [3.05, 3.63) is 67.1 Å². The Balaban J connectivity index is 1.43. The Morgan fingerprint density at radius 3 is 2.29 bits per heavy atom. The summed E-state index contributed by atoms with van der Waals surface area (Å²) in [5.41, 5.74) is 9.15. The number of nitrogen functional groups attached to an aromatic ring is 1. The predicted molar refractivity (Wildman–Crippen MR) is 132 cm³/mol. The number of aliphatic hydroxyl groups excluding tert-OH is 2. The van der Waals surface area contributed by atoms with Crippen LogP contribution >= 0.6 is 0 Å². The SMILES string of the molecule is Nc1ncnc2c1c(-c1ccc(Oc3ccccc3)cc1)cn2C1CCN(C(CO)CO)CC1. The number of fused-ring (bicyclic) bond motifs is 1. The normalized spacial score (nSPS) is 15.3. The van der Waals surface area contributed by atoms with Crippen molar-refractivity contribution in [1.82, 2.24) is 19.4 Å². The Kier molecular flexibility index (Phi) is 6.44. The first-order valence-electron chi connectivity index (χ1n) is 11.6. The number of hydrogen-bond donors (Lipinski definition) is 3. The van der Waals surface area contributed by atoms with Crippen molar-refractivity contribution < 1.29 is 14.9 Å². The van der Waals surface area contributed by atoms with Crippen molar-refractivity contribution in [3.63, 3.8) is 0 Å². The van der Waals surface area contributed by atoms with Crippen LogP contribution in [0, 0.1) is 0 Å². The van der Waals surface area contributed by atoms with Gasteiger partial charge in [0.25, 0.3) is 0 Å². The highest BCUT2D eigenvalue weighted by Gasteiger charge is 2.27. The molecule has 0 saturated carbocycles. The molecule has 4 aromatic rings. The van der Waals surface area contributed by atoms with E-state index in [1.54, 1.807) is 0 Å². The van der Waals surface area contributed by atoms with Gasteiger partial charge in [-0.05, 0) is 42.7 Å². The Hall–Kier alpha value is -3.46. The van der Waals surface area contributed by atoms with Crippen LogP contribution in [0.3, 0.4) is 0 Å². The second-order valence-corrected chi connectivity index (χ2v) is 8.63. The monoisotopic (exact) mass is 459 g/mol. The van der Waals surface area contributed by atoms with Gasteiger partial charge in [-0.15, -0.1) is 0 Å². The maximum absolute atomic E-state index is 9.52. The minimum atomic E-state index is -0.201. The summed E-state index contributed by atoms with van der Waals surface area (Å²) < 4.78 is 8.14. The largest absolute Gasteiger partial charge is 0.457 e. The third-order valence-corrected chi connectivity index (χ3v) is 6.61. The van der Waals surface area contributed by atoms with E-state index in [9.17, 15) is 10.2 Å². The molecule has 1 aliphatic heterocycles. The van der Waals surface area contributed by atoms with Crippen molar-refractivity contribution >= 4 is 16.9 Å². The molecule has 4 N–H and O–H groups in total. The number of likely N-dealkylation sites (tertiary alicyclic amines) is 1. The van der Waals surface area contributed by atoms with Gasteiger partial charge in [0.2, 0.25) is 0 Å². The zero-order valence-corrected chi connectivity index (χ0v) is 18.9. The molecule has 0 aliphatic carbocycles. The van der Waals surface area contributed by atoms with E-state index in [0.29, 0.717) is 5.82 Å². The predicted octanol–water partition coefficient (Wildman–Crippen LogP) is 3.46. The summed E-state index contributed by atoms with van der Waals surface area (Å²) >= 11 is 0. The quantitative estimate of drug-likeness (QED) is 0.388. The van der Waals surface area contributed by atoms with E-state index in [2.05, 4.69) is 25.6 Å². The Morgan fingerprint density at radius 2 is 1.62 bits per heavy atom. The van der Waals surface area contributed by atoms with Gasteiger partial charge in [0, 0.05) is 30.9 Å². The smallest absolute Gasteiger partial charge is 0.146 e. The number of ether oxygens (including phenoxy) is 1. The summed E-state index contributed by atoms with van der Waals surface area (Å²) in [5.74, 6) is 2.01. The van der Waals surface area contributed by atoms with Crippen LogP contribution in [-0.2, 0) is 0 Å². The average molecular weight is 460 g/mol.